The molecule has 0 spiro atoms. The van der Waals surface area contributed by atoms with Crippen molar-refractivity contribution in [2.75, 3.05) is 37.6 Å². The summed E-state index contributed by atoms with van der Waals surface area (Å²) in [7, 11) is 0. The highest BCUT2D eigenvalue weighted by atomic mass is 16.1. The third kappa shape index (κ3) is 4.57. The maximum Gasteiger partial charge on any atom is 0.242 e. The maximum atomic E-state index is 11.6. The number of piperazine rings is 1. The van der Waals surface area contributed by atoms with Gasteiger partial charge >= 0.3 is 0 Å². The molecule has 1 fully saturated rings. The van der Waals surface area contributed by atoms with Crippen molar-refractivity contribution in [2.45, 2.75) is 19.9 Å². The Morgan fingerprint density at radius 1 is 1.32 bits per heavy atom. The molecule has 8 heteroatoms. The van der Waals surface area contributed by atoms with Crippen LogP contribution >= 0.6 is 0 Å². The summed E-state index contributed by atoms with van der Waals surface area (Å²) in [6, 6.07) is 1.91. The lowest BCUT2D eigenvalue weighted by atomic mass is 10.3. The van der Waals surface area contributed by atoms with Crippen LogP contribution in [-0.2, 0) is 4.79 Å². The van der Waals surface area contributed by atoms with E-state index < -0.39 is 0 Å². The summed E-state index contributed by atoms with van der Waals surface area (Å²) in [6.45, 7) is 6.91. The van der Waals surface area contributed by atoms with E-state index in [0.717, 1.165) is 32.1 Å². The van der Waals surface area contributed by atoms with E-state index in [1.54, 1.807) is 18.5 Å². The van der Waals surface area contributed by atoms with Gasteiger partial charge in [-0.25, -0.2) is 15.0 Å². The zero-order valence-corrected chi connectivity index (χ0v) is 13.1. The predicted molar refractivity (Wildman–Crippen MR) is 85.6 cm³/mol. The van der Waals surface area contributed by atoms with E-state index in [-0.39, 0.29) is 18.5 Å². The average Bonchev–Trinajstić information content (AvgIpc) is 2.53. The Balaban J connectivity index is 1.82. The van der Waals surface area contributed by atoms with Crippen LogP contribution in [0.5, 0.6) is 0 Å². The van der Waals surface area contributed by atoms with E-state index in [2.05, 4.69) is 25.2 Å². The number of hydrogen-bond donors (Lipinski definition) is 2. The highest BCUT2D eigenvalue weighted by Crippen LogP contribution is 2.09. The molecule has 2 rings (SSSR count). The third-order valence-electron chi connectivity index (χ3n) is 3.27. The number of nitrogens with two attached hydrogens (primary N) is 1. The van der Waals surface area contributed by atoms with E-state index in [1.165, 1.54) is 0 Å². The smallest absolute Gasteiger partial charge is 0.242 e. The van der Waals surface area contributed by atoms with Crippen molar-refractivity contribution in [3.05, 3.63) is 18.5 Å². The third-order valence-corrected chi connectivity index (χ3v) is 3.27. The number of rotatable bonds is 4. The molecule has 1 amide bonds. The van der Waals surface area contributed by atoms with Crippen LogP contribution < -0.4 is 16.0 Å². The minimum atomic E-state index is -0.116. The van der Waals surface area contributed by atoms with Gasteiger partial charge in [-0.2, -0.15) is 0 Å². The summed E-state index contributed by atoms with van der Waals surface area (Å²) in [5, 5.41) is 2.78. The molecule has 1 aliphatic rings. The van der Waals surface area contributed by atoms with Crippen molar-refractivity contribution >= 4 is 17.8 Å². The molecule has 0 bridgehead atoms. The second kappa shape index (κ2) is 7.58. The van der Waals surface area contributed by atoms with E-state index in [1.807, 2.05) is 18.7 Å². The lowest BCUT2D eigenvalue weighted by Gasteiger charge is -2.35. The first-order valence-corrected chi connectivity index (χ1v) is 7.42. The first-order valence-electron chi connectivity index (χ1n) is 7.42. The zero-order valence-electron chi connectivity index (χ0n) is 13.1. The fourth-order valence-corrected chi connectivity index (χ4v) is 2.21. The van der Waals surface area contributed by atoms with Gasteiger partial charge in [0.1, 0.15) is 6.54 Å². The van der Waals surface area contributed by atoms with Crippen molar-refractivity contribution in [3.63, 3.8) is 0 Å². The van der Waals surface area contributed by atoms with Crippen molar-refractivity contribution in [3.8, 4) is 0 Å². The fraction of sp³-hybridized carbons (Fsp3) is 0.571. The molecule has 1 aliphatic heterocycles. The van der Waals surface area contributed by atoms with Gasteiger partial charge in [-0.15, -0.1) is 0 Å². The van der Waals surface area contributed by atoms with Gasteiger partial charge in [-0.1, -0.05) is 0 Å². The van der Waals surface area contributed by atoms with E-state index in [0.29, 0.717) is 5.96 Å². The first-order chi connectivity index (χ1) is 10.6. The molecule has 0 radical (unpaired) electrons. The average molecular weight is 305 g/mol. The quantitative estimate of drug-likeness (QED) is 0.571. The summed E-state index contributed by atoms with van der Waals surface area (Å²) < 4.78 is 0. The van der Waals surface area contributed by atoms with Crippen LogP contribution in [0.2, 0.25) is 0 Å². The number of carbonyl (C=O) groups is 1. The zero-order chi connectivity index (χ0) is 15.9. The van der Waals surface area contributed by atoms with Crippen LogP contribution in [0.4, 0.5) is 5.95 Å². The number of nitrogens with zero attached hydrogens (tertiary/aromatic N) is 5. The molecule has 1 aromatic rings. The monoisotopic (exact) mass is 305 g/mol. The Hall–Kier alpha value is -2.38. The van der Waals surface area contributed by atoms with E-state index in [9.17, 15) is 4.79 Å². The SMILES string of the molecule is CC(C)NC(=O)CN=C(N)N1CCN(c2ncccn2)CC1. The molecule has 120 valence electrons. The molecule has 1 aromatic heterocycles. The molecule has 8 nitrogen and oxygen atoms in total. The largest absolute Gasteiger partial charge is 0.370 e. The van der Waals surface area contributed by atoms with Gasteiger partial charge in [0.25, 0.3) is 0 Å². The van der Waals surface area contributed by atoms with Crippen LogP contribution in [0.15, 0.2) is 23.5 Å². The molecule has 22 heavy (non-hydrogen) atoms. The molecule has 2 heterocycles. The summed E-state index contributed by atoms with van der Waals surface area (Å²) in [5.41, 5.74) is 5.96. The van der Waals surface area contributed by atoms with E-state index >= 15 is 0 Å². The molecule has 0 aliphatic carbocycles. The number of anilines is 1. The topological polar surface area (TPSA) is 99.7 Å². The Kier molecular flexibility index (Phi) is 5.51. The molecular weight excluding hydrogens is 282 g/mol. The lowest BCUT2D eigenvalue weighted by molar-refractivity contribution is -0.120. The Labute approximate surface area is 130 Å². The van der Waals surface area contributed by atoms with Crippen molar-refractivity contribution in [1.29, 1.82) is 0 Å². The van der Waals surface area contributed by atoms with Gasteiger partial charge in [0.15, 0.2) is 5.96 Å². The number of amides is 1. The van der Waals surface area contributed by atoms with Gasteiger partial charge in [-0.3, -0.25) is 4.79 Å². The van der Waals surface area contributed by atoms with Gasteiger partial charge in [0.05, 0.1) is 0 Å². The predicted octanol–water partition coefficient (Wildman–Crippen LogP) is -0.562. The number of aliphatic imine (C=N–C) groups is 1. The number of aromatic nitrogens is 2. The van der Waals surface area contributed by atoms with Crippen LogP contribution in [0, 0.1) is 0 Å². The second-order valence-electron chi connectivity index (χ2n) is 5.42. The Bertz CT molecular complexity index is 509. The van der Waals surface area contributed by atoms with Crippen molar-refractivity contribution in [2.24, 2.45) is 10.7 Å². The van der Waals surface area contributed by atoms with E-state index in [4.69, 9.17) is 5.73 Å². The second-order valence-corrected chi connectivity index (χ2v) is 5.42. The van der Waals surface area contributed by atoms with Gasteiger partial charge in [0, 0.05) is 44.6 Å². The van der Waals surface area contributed by atoms with Gasteiger partial charge in [0.2, 0.25) is 11.9 Å². The highest BCUT2D eigenvalue weighted by molar-refractivity contribution is 5.84. The van der Waals surface area contributed by atoms with Gasteiger partial charge < -0.3 is 20.9 Å². The standard InChI is InChI=1S/C14H23N7O/c1-11(2)19-12(22)10-18-13(15)20-6-8-21(9-7-20)14-16-4-3-5-17-14/h3-5,11H,6-10H2,1-2H3,(H2,15,18)(H,19,22). The summed E-state index contributed by atoms with van der Waals surface area (Å²) in [4.78, 5) is 28.3. The molecular formula is C14H23N7O. The summed E-state index contributed by atoms with van der Waals surface area (Å²) in [5.74, 6) is 1.02. The highest BCUT2D eigenvalue weighted by Gasteiger charge is 2.20. The number of guanidine groups is 1. The number of carbonyl (C=O) groups excluding carboxylic acids is 1. The molecule has 0 aromatic carbocycles. The van der Waals surface area contributed by atoms with Gasteiger partial charge in [-0.05, 0) is 19.9 Å². The Morgan fingerprint density at radius 2 is 1.95 bits per heavy atom. The summed E-state index contributed by atoms with van der Waals surface area (Å²) >= 11 is 0. The Morgan fingerprint density at radius 3 is 2.55 bits per heavy atom. The summed E-state index contributed by atoms with van der Waals surface area (Å²) in [6.07, 6.45) is 3.47. The molecule has 3 N–H and O–H groups in total. The number of hydrogen-bond acceptors (Lipinski definition) is 5. The minimum Gasteiger partial charge on any atom is -0.370 e. The fourth-order valence-electron chi connectivity index (χ4n) is 2.21. The minimum absolute atomic E-state index is 0.0615. The maximum absolute atomic E-state index is 11.6. The van der Waals surface area contributed by atoms with Crippen molar-refractivity contribution in [1.82, 2.24) is 20.2 Å². The molecule has 0 atom stereocenters. The first kappa shape index (κ1) is 16.0. The lowest BCUT2D eigenvalue weighted by Crippen LogP contribution is -2.51. The van der Waals surface area contributed by atoms with Crippen molar-refractivity contribution < 1.29 is 4.79 Å². The van der Waals surface area contributed by atoms with Crippen LogP contribution in [-0.4, -0.2) is 65.5 Å². The molecule has 0 saturated carbocycles. The molecule has 0 unspecified atom stereocenters. The normalized spacial score (nSPS) is 16.0. The number of nitrogens with one attached hydrogen (secondary N) is 1. The van der Waals surface area contributed by atoms with Crippen LogP contribution in [0.1, 0.15) is 13.8 Å². The van der Waals surface area contributed by atoms with Crippen LogP contribution in [0.3, 0.4) is 0 Å². The molecule has 1 saturated heterocycles. The van der Waals surface area contributed by atoms with Crippen LogP contribution in [0.25, 0.3) is 0 Å².